The average Bonchev–Trinajstić information content (AvgIpc) is 2.93. The van der Waals surface area contributed by atoms with E-state index in [-0.39, 0.29) is 11.7 Å². The quantitative estimate of drug-likeness (QED) is 0.581. The third kappa shape index (κ3) is 3.37. The first-order valence-electron chi connectivity index (χ1n) is 7.29. The average molecular weight is 304 g/mol. The molecule has 0 aliphatic carbocycles. The van der Waals surface area contributed by atoms with Gasteiger partial charge in [-0.1, -0.05) is 54.6 Å². The number of hydrogen-bond donors (Lipinski definition) is 1. The Labute approximate surface area is 134 Å². The molecule has 4 nitrogen and oxygen atoms in total. The molecule has 1 heterocycles. The highest BCUT2D eigenvalue weighted by Gasteiger charge is 2.16. The minimum Gasteiger partial charge on any atom is -0.451 e. The van der Waals surface area contributed by atoms with E-state index in [0.717, 1.165) is 16.5 Å². The molecule has 1 N–H and O–H groups in total. The Morgan fingerprint density at radius 1 is 1.09 bits per heavy atom. The van der Waals surface area contributed by atoms with E-state index in [9.17, 15) is 4.79 Å². The molecule has 0 bridgehead atoms. The van der Waals surface area contributed by atoms with Crippen molar-refractivity contribution in [3.8, 4) is 0 Å². The fourth-order valence-electron chi connectivity index (χ4n) is 2.30. The molecule has 0 aliphatic heterocycles. The molecule has 0 atom stereocenters. The van der Waals surface area contributed by atoms with E-state index in [4.69, 9.17) is 4.42 Å². The van der Waals surface area contributed by atoms with Gasteiger partial charge in [-0.05, 0) is 24.6 Å². The van der Waals surface area contributed by atoms with Crippen LogP contribution in [0.5, 0.6) is 0 Å². The van der Waals surface area contributed by atoms with Crippen LogP contribution in [0.2, 0.25) is 0 Å². The van der Waals surface area contributed by atoms with Gasteiger partial charge in [0, 0.05) is 17.2 Å². The minimum atomic E-state index is -0.358. The zero-order chi connectivity index (χ0) is 16.1. The van der Waals surface area contributed by atoms with Crippen LogP contribution >= 0.6 is 0 Å². The van der Waals surface area contributed by atoms with Gasteiger partial charge in [-0.25, -0.2) is 5.43 Å². The van der Waals surface area contributed by atoms with Crippen molar-refractivity contribution in [2.24, 2.45) is 5.10 Å². The fourth-order valence-corrected chi connectivity index (χ4v) is 2.30. The van der Waals surface area contributed by atoms with Gasteiger partial charge in [0.2, 0.25) is 0 Å². The van der Waals surface area contributed by atoms with Crippen LogP contribution in [0.3, 0.4) is 0 Å². The molecule has 0 spiro atoms. The summed E-state index contributed by atoms with van der Waals surface area (Å²) < 4.78 is 5.58. The van der Waals surface area contributed by atoms with Crippen molar-refractivity contribution in [2.45, 2.75) is 6.92 Å². The molecular formula is C19H16N2O2. The predicted octanol–water partition coefficient (Wildman–Crippen LogP) is 4.17. The number of fused-ring (bicyclic) bond motifs is 1. The lowest BCUT2D eigenvalue weighted by atomic mass is 10.1. The molecule has 0 saturated carbocycles. The number of rotatable bonds is 4. The number of benzene rings is 2. The monoisotopic (exact) mass is 304 g/mol. The van der Waals surface area contributed by atoms with Crippen molar-refractivity contribution in [1.29, 1.82) is 0 Å². The van der Waals surface area contributed by atoms with Gasteiger partial charge in [0.15, 0.2) is 5.76 Å². The zero-order valence-electron chi connectivity index (χ0n) is 12.7. The van der Waals surface area contributed by atoms with E-state index in [1.165, 1.54) is 6.21 Å². The lowest BCUT2D eigenvalue weighted by Gasteiger charge is -1.96. The highest BCUT2D eigenvalue weighted by atomic mass is 16.3. The van der Waals surface area contributed by atoms with Crippen LogP contribution in [0, 0.1) is 6.92 Å². The number of aryl methyl sites for hydroxylation is 1. The molecule has 1 aromatic heterocycles. The standard InChI is InChI=1S/C19H16N2O2/c1-14-16-11-5-6-12-17(16)23-18(14)19(22)21-20-13-7-10-15-8-3-2-4-9-15/h2-13H,1H3,(H,21,22)/b10-7+,20-13+. The second kappa shape index (κ2) is 6.75. The Bertz CT molecular complexity index is 877. The van der Waals surface area contributed by atoms with Crippen LogP contribution in [0.1, 0.15) is 21.7 Å². The van der Waals surface area contributed by atoms with Crippen LogP contribution in [0.25, 0.3) is 17.0 Å². The largest absolute Gasteiger partial charge is 0.451 e. The molecule has 3 aromatic rings. The topological polar surface area (TPSA) is 54.6 Å². The van der Waals surface area contributed by atoms with Gasteiger partial charge in [0.25, 0.3) is 0 Å². The smallest absolute Gasteiger partial charge is 0.307 e. The van der Waals surface area contributed by atoms with Gasteiger partial charge in [-0.2, -0.15) is 5.10 Å². The van der Waals surface area contributed by atoms with Crippen molar-refractivity contribution >= 4 is 29.2 Å². The summed E-state index contributed by atoms with van der Waals surface area (Å²) in [7, 11) is 0. The number of carbonyl (C=O) groups is 1. The summed E-state index contributed by atoms with van der Waals surface area (Å²) in [6.07, 6.45) is 5.20. The second-order valence-corrected chi connectivity index (χ2v) is 5.04. The molecule has 114 valence electrons. The van der Waals surface area contributed by atoms with E-state index in [1.807, 2.05) is 67.6 Å². The third-order valence-electron chi connectivity index (χ3n) is 3.46. The molecule has 23 heavy (non-hydrogen) atoms. The first kappa shape index (κ1) is 14.8. The highest BCUT2D eigenvalue weighted by molar-refractivity contribution is 5.99. The SMILES string of the molecule is Cc1c(C(=O)N/N=C/C=C/c2ccccc2)oc2ccccc12. The number of nitrogens with one attached hydrogen (secondary N) is 1. The number of para-hydroxylation sites is 1. The van der Waals surface area contributed by atoms with E-state index in [2.05, 4.69) is 10.5 Å². The van der Waals surface area contributed by atoms with Crippen LogP contribution in [-0.4, -0.2) is 12.1 Å². The number of nitrogens with zero attached hydrogens (tertiary/aromatic N) is 1. The second-order valence-electron chi connectivity index (χ2n) is 5.04. The Balaban J connectivity index is 1.66. The normalized spacial score (nSPS) is 11.5. The minimum absolute atomic E-state index is 0.287. The number of hydrogen-bond acceptors (Lipinski definition) is 3. The number of allylic oxidation sites excluding steroid dienone is 1. The first-order valence-corrected chi connectivity index (χ1v) is 7.29. The number of amides is 1. The van der Waals surface area contributed by atoms with Gasteiger partial charge >= 0.3 is 5.91 Å². The van der Waals surface area contributed by atoms with E-state index in [1.54, 1.807) is 6.08 Å². The molecule has 0 radical (unpaired) electrons. The van der Waals surface area contributed by atoms with Crippen LogP contribution in [-0.2, 0) is 0 Å². The molecule has 3 rings (SSSR count). The Kier molecular flexibility index (Phi) is 4.34. The van der Waals surface area contributed by atoms with E-state index < -0.39 is 0 Å². The summed E-state index contributed by atoms with van der Waals surface area (Å²) in [5, 5.41) is 4.84. The van der Waals surface area contributed by atoms with Crippen molar-refractivity contribution in [3.05, 3.63) is 77.6 Å². The summed E-state index contributed by atoms with van der Waals surface area (Å²) in [6, 6.07) is 17.4. The summed E-state index contributed by atoms with van der Waals surface area (Å²) in [5.41, 5.74) is 5.05. The van der Waals surface area contributed by atoms with Crippen molar-refractivity contribution in [1.82, 2.24) is 5.43 Å². The number of furan rings is 1. The predicted molar refractivity (Wildman–Crippen MR) is 92.4 cm³/mol. The van der Waals surface area contributed by atoms with Crippen LogP contribution in [0.15, 0.2) is 70.2 Å². The molecule has 2 aromatic carbocycles. The van der Waals surface area contributed by atoms with Crippen molar-refractivity contribution in [2.75, 3.05) is 0 Å². The lowest BCUT2D eigenvalue weighted by molar-refractivity contribution is 0.0929. The van der Waals surface area contributed by atoms with Gasteiger partial charge in [0.05, 0.1) is 0 Å². The Hall–Kier alpha value is -3.14. The molecular weight excluding hydrogens is 288 g/mol. The maximum atomic E-state index is 12.1. The van der Waals surface area contributed by atoms with Gasteiger partial charge in [-0.15, -0.1) is 0 Å². The first-order chi connectivity index (χ1) is 11.3. The molecule has 1 amide bonds. The van der Waals surface area contributed by atoms with Crippen molar-refractivity contribution in [3.63, 3.8) is 0 Å². The van der Waals surface area contributed by atoms with Crippen molar-refractivity contribution < 1.29 is 9.21 Å². The van der Waals surface area contributed by atoms with Crippen LogP contribution in [0.4, 0.5) is 0 Å². The third-order valence-corrected chi connectivity index (χ3v) is 3.46. The van der Waals surface area contributed by atoms with Gasteiger partial charge in [-0.3, -0.25) is 4.79 Å². The summed E-state index contributed by atoms with van der Waals surface area (Å²) in [6.45, 7) is 1.86. The maximum Gasteiger partial charge on any atom is 0.307 e. The Morgan fingerprint density at radius 3 is 2.61 bits per heavy atom. The molecule has 4 heteroatoms. The summed E-state index contributed by atoms with van der Waals surface area (Å²) in [5.74, 6) is -0.0709. The lowest BCUT2D eigenvalue weighted by Crippen LogP contribution is -2.17. The summed E-state index contributed by atoms with van der Waals surface area (Å²) in [4.78, 5) is 12.1. The zero-order valence-corrected chi connectivity index (χ0v) is 12.7. The van der Waals surface area contributed by atoms with Crippen LogP contribution < -0.4 is 5.43 Å². The fraction of sp³-hybridized carbons (Fsp3) is 0.0526. The number of hydrazone groups is 1. The molecule has 0 aliphatic rings. The Morgan fingerprint density at radius 2 is 1.83 bits per heavy atom. The van der Waals surface area contributed by atoms with E-state index in [0.29, 0.717) is 5.58 Å². The molecule has 0 saturated heterocycles. The van der Waals surface area contributed by atoms with Gasteiger partial charge < -0.3 is 4.42 Å². The molecule has 0 fully saturated rings. The summed E-state index contributed by atoms with van der Waals surface area (Å²) >= 11 is 0. The highest BCUT2D eigenvalue weighted by Crippen LogP contribution is 2.24. The van der Waals surface area contributed by atoms with E-state index >= 15 is 0 Å². The van der Waals surface area contributed by atoms with Gasteiger partial charge in [0.1, 0.15) is 5.58 Å². The number of carbonyl (C=O) groups excluding carboxylic acids is 1. The molecule has 0 unspecified atom stereocenters. The maximum absolute atomic E-state index is 12.1.